The molecule has 12 heteroatoms. The van der Waals surface area contributed by atoms with Crippen LogP contribution in [0.15, 0.2) is 17.3 Å². The molecule has 11 nitrogen and oxygen atoms in total. The second kappa shape index (κ2) is 10.9. The predicted octanol–water partition coefficient (Wildman–Crippen LogP) is 1.55. The van der Waals surface area contributed by atoms with Crippen LogP contribution in [0.2, 0.25) is 0 Å². The largest absolute Gasteiger partial charge is 0.383 e. The molecule has 0 aromatic carbocycles. The summed E-state index contributed by atoms with van der Waals surface area (Å²) < 4.78 is 5.48. The molecule has 0 bridgehead atoms. The third-order valence-corrected chi connectivity index (χ3v) is 6.77. The fourth-order valence-electron chi connectivity index (χ4n) is 3.76. The minimum absolute atomic E-state index is 0.129. The van der Waals surface area contributed by atoms with Gasteiger partial charge in [0.2, 0.25) is 11.9 Å². The van der Waals surface area contributed by atoms with Crippen molar-refractivity contribution in [2.75, 3.05) is 73.4 Å². The summed E-state index contributed by atoms with van der Waals surface area (Å²) in [6.45, 7) is 10.3. The average molecular weight is 473 g/mol. The Hall–Kier alpha value is -2.70. The molecule has 0 spiro atoms. The van der Waals surface area contributed by atoms with Crippen LogP contribution >= 0.6 is 11.8 Å². The Balaban J connectivity index is 1.56. The van der Waals surface area contributed by atoms with Gasteiger partial charge in [0, 0.05) is 37.7 Å². The molecule has 2 aromatic rings. The molecule has 178 valence electrons. The van der Waals surface area contributed by atoms with Gasteiger partial charge in [-0.05, 0) is 19.5 Å². The lowest BCUT2D eigenvalue weighted by Gasteiger charge is -2.27. The Kier molecular flexibility index (Phi) is 7.78. The lowest BCUT2D eigenvalue weighted by molar-refractivity contribution is 0.122. The van der Waals surface area contributed by atoms with E-state index < -0.39 is 0 Å². The number of hydrogen-bond acceptors (Lipinski definition) is 12. The van der Waals surface area contributed by atoms with Crippen LogP contribution in [0.5, 0.6) is 0 Å². The predicted molar refractivity (Wildman–Crippen MR) is 135 cm³/mol. The van der Waals surface area contributed by atoms with Crippen molar-refractivity contribution >= 4 is 40.5 Å². The van der Waals surface area contributed by atoms with Crippen molar-refractivity contribution in [2.45, 2.75) is 26.3 Å². The van der Waals surface area contributed by atoms with E-state index in [2.05, 4.69) is 38.9 Å². The first-order valence-corrected chi connectivity index (χ1v) is 12.3. The minimum Gasteiger partial charge on any atom is -0.383 e. The van der Waals surface area contributed by atoms with Gasteiger partial charge in [-0.15, -0.1) is 0 Å². The van der Waals surface area contributed by atoms with Crippen LogP contribution in [-0.4, -0.2) is 87.7 Å². The Labute approximate surface area is 198 Å². The summed E-state index contributed by atoms with van der Waals surface area (Å²) in [7, 11) is 0. The number of rotatable bonds is 8. The third-order valence-electron chi connectivity index (χ3n) is 5.74. The van der Waals surface area contributed by atoms with E-state index >= 15 is 0 Å². The quantitative estimate of drug-likeness (QED) is 0.514. The molecule has 2 aliphatic rings. The number of aromatic nitrogens is 4. The Bertz CT molecular complexity index is 978. The second-order valence-corrected chi connectivity index (χ2v) is 8.91. The van der Waals surface area contributed by atoms with E-state index in [1.165, 1.54) is 0 Å². The SMILES string of the molecule is CCN(CC)CCC1CSC(Nc2cc(-c3cnc(N)nc3N)nc(N3CCOCC3)n2)=N1. The summed E-state index contributed by atoms with van der Waals surface area (Å²) in [6, 6.07) is 2.15. The first-order chi connectivity index (χ1) is 16.1. The second-order valence-electron chi connectivity index (χ2n) is 7.90. The van der Waals surface area contributed by atoms with Gasteiger partial charge in [0.1, 0.15) is 11.6 Å². The number of hydrogen-bond donors (Lipinski definition) is 3. The number of nitrogens with one attached hydrogen (secondary N) is 1. The van der Waals surface area contributed by atoms with Crippen LogP contribution in [0.25, 0.3) is 11.3 Å². The normalized spacial score (nSPS) is 18.6. The molecule has 0 amide bonds. The van der Waals surface area contributed by atoms with E-state index in [1.807, 2.05) is 6.07 Å². The molecular weight excluding hydrogens is 440 g/mol. The molecule has 4 rings (SSSR count). The molecule has 1 saturated heterocycles. The number of nitrogens with zero attached hydrogens (tertiary/aromatic N) is 7. The van der Waals surface area contributed by atoms with Gasteiger partial charge in [-0.1, -0.05) is 25.6 Å². The standard InChI is InChI=1S/C21H32N10OS/c1-3-30(4-2)6-5-14-13-33-21(25-14)28-17-11-16(15-12-24-19(23)29-18(15)22)26-20(27-17)31-7-9-32-10-8-31/h11-12,14H,3-10,13H2,1-2H3,(H4,22,23,24,29)(H,25,26,27,28). The zero-order valence-electron chi connectivity index (χ0n) is 19.2. The van der Waals surface area contributed by atoms with Gasteiger partial charge >= 0.3 is 0 Å². The number of amidine groups is 1. The molecule has 5 N–H and O–H groups in total. The first kappa shape index (κ1) is 23.5. The van der Waals surface area contributed by atoms with E-state index in [0.717, 1.165) is 50.1 Å². The van der Waals surface area contributed by atoms with Gasteiger partial charge in [0.15, 0.2) is 5.17 Å². The zero-order valence-corrected chi connectivity index (χ0v) is 20.0. The van der Waals surface area contributed by atoms with Crippen molar-refractivity contribution in [1.29, 1.82) is 0 Å². The van der Waals surface area contributed by atoms with Gasteiger partial charge in [0.25, 0.3) is 0 Å². The van der Waals surface area contributed by atoms with Gasteiger partial charge < -0.3 is 31.3 Å². The molecular formula is C21H32N10OS. The van der Waals surface area contributed by atoms with Crippen LogP contribution < -0.4 is 21.7 Å². The maximum atomic E-state index is 6.12. The Morgan fingerprint density at radius 2 is 1.97 bits per heavy atom. The lowest BCUT2D eigenvalue weighted by atomic mass is 10.2. The van der Waals surface area contributed by atoms with Crippen molar-refractivity contribution in [3.8, 4) is 11.3 Å². The highest BCUT2D eigenvalue weighted by Crippen LogP contribution is 2.28. The third kappa shape index (κ3) is 6.01. The van der Waals surface area contributed by atoms with Crippen LogP contribution in [0.1, 0.15) is 20.3 Å². The van der Waals surface area contributed by atoms with Crippen LogP contribution in [0, 0.1) is 0 Å². The Morgan fingerprint density at radius 3 is 2.70 bits per heavy atom. The fourth-order valence-corrected chi connectivity index (χ4v) is 4.75. The number of morpholine rings is 1. The van der Waals surface area contributed by atoms with E-state index in [4.69, 9.17) is 31.2 Å². The van der Waals surface area contributed by atoms with E-state index in [0.29, 0.717) is 42.3 Å². The van der Waals surface area contributed by atoms with Gasteiger partial charge in [-0.25, -0.2) is 9.97 Å². The van der Waals surface area contributed by atoms with Crippen LogP contribution in [0.4, 0.5) is 23.5 Å². The van der Waals surface area contributed by atoms with E-state index in [1.54, 1.807) is 18.0 Å². The molecule has 2 aliphatic heterocycles. The topological polar surface area (TPSA) is 144 Å². The average Bonchev–Trinajstić information content (AvgIpc) is 3.27. The molecule has 1 atom stereocenters. The summed E-state index contributed by atoms with van der Waals surface area (Å²) in [6.07, 6.45) is 2.64. The van der Waals surface area contributed by atoms with Crippen molar-refractivity contribution in [3.05, 3.63) is 12.3 Å². The first-order valence-electron chi connectivity index (χ1n) is 11.4. The summed E-state index contributed by atoms with van der Waals surface area (Å²) in [5, 5.41) is 4.26. The molecule has 1 fully saturated rings. The Morgan fingerprint density at radius 1 is 1.18 bits per heavy atom. The smallest absolute Gasteiger partial charge is 0.228 e. The molecule has 0 saturated carbocycles. The summed E-state index contributed by atoms with van der Waals surface area (Å²) in [5.41, 5.74) is 13.0. The maximum Gasteiger partial charge on any atom is 0.228 e. The molecule has 2 aromatic heterocycles. The van der Waals surface area contributed by atoms with Crippen molar-refractivity contribution in [2.24, 2.45) is 4.99 Å². The number of ether oxygens (including phenoxy) is 1. The molecule has 33 heavy (non-hydrogen) atoms. The zero-order chi connectivity index (χ0) is 23.2. The fraction of sp³-hybridized carbons (Fsp3) is 0.571. The van der Waals surface area contributed by atoms with Crippen molar-refractivity contribution in [1.82, 2.24) is 24.8 Å². The van der Waals surface area contributed by atoms with Gasteiger partial charge in [-0.3, -0.25) is 4.99 Å². The van der Waals surface area contributed by atoms with Crippen LogP contribution in [0.3, 0.4) is 0 Å². The monoisotopic (exact) mass is 472 g/mol. The number of nitrogen functional groups attached to an aromatic ring is 2. The summed E-state index contributed by atoms with van der Waals surface area (Å²) in [5.74, 6) is 2.65. The summed E-state index contributed by atoms with van der Waals surface area (Å²) >= 11 is 1.72. The molecule has 1 unspecified atom stereocenters. The number of anilines is 4. The highest BCUT2D eigenvalue weighted by atomic mass is 32.2. The summed E-state index contributed by atoms with van der Waals surface area (Å²) in [4.78, 5) is 27.1. The van der Waals surface area contributed by atoms with Gasteiger partial charge in [0.05, 0.1) is 30.5 Å². The van der Waals surface area contributed by atoms with Crippen molar-refractivity contribution in [3.63, 3.8) is 0 Å². The number of thioether (sulfide) groups is 1. The number of aliphatic imine (C=N–C) groups is 1. The van der Waals surface area contributed by atoms with E-state index in [9.17, 15) is 0 Å². The molecule has 4 heterocycles. The van der Waals surface area contributed by atoms with Gasteiger partial charge in [-0.2, -0.15) is 9.97 Å². The maximum absolute atomic E-state index is 6.12. The molecule has 0 aliphatic carbocycles. The van der Waals surface area contributed by atoms with E-state index in [-0.39, 0.29) is 11.8 Å². The van der Waals surface area contributed by atoms with Crippen LogP contribution in [-0.2, 0) is 4.74 Å². The lowest BCUT2D eigenvalue weighted by Crippen LogP contribution is -2.37. The van der Waals surface area contributed by atoms with Crippen molar-refractivity contribution < 1.29 is 4.74 Å². The highest BCUT2D eigenvalue weighted by molar-refractivity contribution is 8.14. The number of nitrogens with two attached hydrogens (primary N) is 2. The minimum atomic E-state index is 0.129. The molecule has 0 radical (unpaired) electrons. The highest BCUT2D eigenvalue weighted by Gasteiger charge is 2.22.